The van der Waals surface area contributed by atoms with Crippen molar-refractivity contribution in [1.82, 2.24) is 30.5 Å². The molecule has 3 heterocycles. The molecule has 298 valence electrons. The molecule has 2 saturated carbocycles. The van der Waals surface area contributed by atoms with Crippen molar-refractivity contribution in [1.29, 1.82) is 0 Å². The lowest BCUT2D eigenvalue weighted by molar-refractivity contribution is -0.145. The van der Waals surface area contributed by atoms with Gasteiger partial charge in [-0.1, -0.05) is 57.2 Å². The van der Waals surface area contributed by atoms with Gasteiger partial charge in [-0.05, 0) is 48.3 Å². The first-order valence-electron chi connectivity index (χ1n) is 18.7. The lowest BCUT2D eigenvalue weighted by Gasteiger charge is -2.36. The van der Waals surface area contributed by atoms with Gasteiger partial charge in [0.2, 0.25) is 17.7 Å². The highest BCUT2D eigenvalue weighted by Gasteiger charge is 2.61. The van der Waals surface area contributed by atoms with Gasteiger partial charge in [-0.3, -0.25) is 28.8 Å². The second-order valence-corrected chi connectivity index (χ2v) is 17.2. The lowest BCUT2D eigenvalue weighted by atomic mass is 9.85. The van der Waals surface area contributed by atoms with Gasteiger partial charge in [-0.15, -0.1) is 6.58 Å². The number of alkyl carbamates (subject to hydrolysis) is 1. The minimum absolute atomic E-state index is 0.0602. The number of nitrogens with one attached hydrogen (secondary N) is 4. The number of ether oxygens (including phenoxy) is 3. The number of fused-ring (bicyclic) bond motifs is 3. The molecule has 2 aliphatic carbocycles. The summed E-state index contributed by atoms with van der Waals surface area (Å²) in [6, 6.07) is 2.02. The van der Waals surface area contributed by atoms with Crippen LogP contribution in [0.5, 0.6) is 0 Å². The van der Waals surface area contributed by atoms with Crippen LogP contribution in [0.1, 0.15) is 70.1 Å². The molecule has 0 radical (unpaired) electrons. The lowest BCUT2D eigenvalue weighted by Crippen LogP contribution is -2.62. The van der Waals surface area contributed by atoms with E-state index in [1.54, 1.807) is 44.7 Å². The second kappa shape index (κ2) is 16.1. The molecule has 7 atom stereocenters. The fourth-order valence-corrected chi connectivity index (χ4v) is 8.29. The van der Waals surface area contributed by atoms with Crippen LogP contribution in [0.25, 0.3) is 6.08 Å². The summed E-state index contributed by atoms with van der Waals surface area (Å²) in [5, 5.41) is 7.99. The first kappa shape index (κ1) is 39.9. The van der Waals surface area contributed by atoms with Crippen LogP contribution in [0.3, 0.4) is 0 Å². The summed E-state index contributed by atoms with van der Waals surface area (Å²) < 4.78 is 32.0. The largest absolute Gasteiger partial charge is 0.450 e. The molecule has 6 rings (SSSR count). The van der Waals surface area contributed by atoms with E-state index >= 15 is 0 Å². The van der Waals surface area contributed by atoms with Crippen molar-refractivity contribution in [3.05, 3.63) is 53.6 Å². The Bertz CT molecular complexity index is 1790. The van der Waals surface area contributed by atoms with E-state index in [0.29, 0.717) is 6.54 Å². The van der Waals surface area contributed by atoms with Gasteiger partial charge in [0.05, 0.1) is 38.2 Å². The smallest absolute Gasteiger partial charge is 0.410 e. The van der Waals surface area contributed by atoms with Crippen molar-refractivity contribution < 1.29 is 47.2 Å². The zero-order valence-corrected chi connectivity index (χ0v) is 32.4. The molecule has 4 bridgehead atoms. The molecule has 17 heteroatoms. The quantitative estimate of drug-likeness (QED) is 0.282. The standard InChI is InChI=1S/C38H50N6O10S/c1-6-24-17-38(24,34(48)42-55(51)26-13-14-26)41-32(46)29-16-25-19-44(29)33(47)30(37(3,4)5)40-31(45)28(39-35(49)53-7-2)21-52-15-9-12-22-10-8-11-23-18-43(20-27(22)23)36(50)54-25/h6,8-12,24-26,28-30H,1,7,13-21H2,2-5H3,(H,39,49)(H,40,45)(H,41,46)(H,42,48)/b12-9+/t24-,25-,28+,29+,30-,38-,55?/m1/s1. The molecule has 3 aliphatic heterocycles. The van der Waals surface area contributed by atoms with Crippen molar-refractivity contribution >= 4 is 52.9 Å². The third-order valence-corrected chi connectivity index (χ3v) is 12.0. The molecule has 4 N–H and O–H groups in total. The number of carbonyl (C=O) groups excluding carboxylic acids is 6. The zero-order valence-electron chi connectivity index (χ0n) is 31.6. The van der Waals surface area contributed by atoms with Gasteiger partial charge in [0.25, 0.3) is 5.91 Å². The van der Waals surface area contributed by atoms with Gasteiger partial charge in [-0.2, -0.15) is 0 Å². The number of rotatable bonds is 8. The van der Waals surface area contributed by atoms with E-state index in [0.717, 1.165) is 29.5 Å². The van der Waals surface area contributed by atoms with E-state index in [-0.39, 0.29) is 51.0 Å². The second-order valence-electron chi connectivity index (χ2n) is 15.7. The number of carbonyl (C=O) groups is 6. The third kappa shape index (κ3) is 8.88. The molecule has 1 unspecified atom stereocenters. The minimum Gasteiger partial charge on any atom is -0.450 e. The molecular weight excluding hydrogens is 733 g/mol. The van der Waals surface area contributed by atoms with Gasteiger partial charge in [0, 0.05) is 18.9 Å². The summed E-state index contributed by atoms with van der Waals surface area (Å²) >= 11 is 0. The monoisotopic (exact) mass is 782 g/mol. The van der Waals surface area contributed by atoms with Gasteiger partial charge in [0.15, 0.2) is 0 Å². The first-order chi connectivity index (χ1) is 26.1. The van der Waals surface area contributed by atoms with Gasteiger partial charge < -0.3 is 35.1 Å². The highest BCUT2D eigenvalue weighted by molar-refractivity contribution is 7.84. The maximum Gasteiger partial charge on any atom is 0.410 e. The Kier molecular flexibility index (Phi) is 11.7. The van der Waals surface area contributed by atoms with Crippen LogP contribution >= 0.6 is 0 Å². The highest BCUT2D eigenvalue weighted by atomic mass is 32.2. The van der Waals surface area contributed by atoms with Gasteiger partial charge >= 0.3 is 12.2 Å². The van der Waals surface area contributed by atoms with E-state index in [2.05, 4.69) is 27.3 Å². The summed E-state index contributed by atoms with van der Waals surface area (Å²) in [4.78, 5) is 85.2. The molecular formula is C38H50N6O10S. The van der Waals surface area contributed by atoms with Crippen LogP contribution in [-0.2, 0) is 57.5 Å². The van der Waals surface area contributed by atoms with Crippen molar-refractivity contribution in [2.24, 2.45) is 11.3 Å². The van der Waals surface area contributed by atoms with Crippen molar-refractivity contribution in [3.8, 4) is 0 Å². The fraction of sp³-hybridized carbons (Fsp3) is 0.579. The van der Waals surface area contributed by atoms with Crippen LogP contribution in [0, 0.1) is 11.3 Å². The molecule has 1 saturated heterocycles. The van der Waals surface area contributed by atoms with E-state index < -0.39 is 87.9 Å². The normalized spacial score (nSPS) is 29.4. The minimum atomic E-state index is -1.60. The van der Waals surface area contributed by atoms with Gasteiger partial charge in [0.1, 0.15) is 40.8 Å². The van der Waals surface area contributed by atoms with E-state index in [4.69, 9.17) is 14.2 Å². The Hall–Kier alpha value is -4.77. The molecule has 1 aromatic carbocycles. The summed E-state index contributed by atoms with van der Waals surface area (Å²) in [5.41, 5.74) is 0.388. The van der Waals surface area contributed by atoms with Crippen molar-refractivity contribution in [3.63, 3.8) is 0 Å². The van der Waals surface area contributed by atoms with Crippen molar-refractivity contribution in [2.75, 3.05) is 26.4 Å². The fourth-order valence-electron chi connectivity index (χ4n) is 7.19. The molecule has 16 nitrogen and oxygen atoms in total. The van der Waals surface area contributed by atoms with Crippen LogP contribution in [0.15, 0.2) is 36.9 Å². The summed E-state index contributed by atoms with van der Waals surface area (Å²) in [5.74, 6) is -3.09. The summed E-state index contributed by atoms with van der Waals surface area (Å²) in [6.07, 6.45) is 4.39. The van der Waals surface area contributed by atoms with E-state index in [1.807, 2.05) is 24.3 Å². The Morgan fingerprint density at radius 3 is 2.60 bits per heavy atom. The Balaban J connectivity index is 1.31. The molecule has 3 fully saturated rings. The maximum atomic E-state index is 14.6. The number of hydrogen-bond acceptors (Lipinski definition) is 10. The van der Waals surface area contributed by atoms with Crippen LogP contribution in [-0.4, -0.2) is 111 Å². The Morgan fingerprint density at radius 2 is 1.93 bits per heavy atom. The first-order valence-corrected chi connectivity index (χ1v) is 19.9. The zero-order chi connectivity index (χ0) is 39.7. The van der Waals surface area contributed by atoms with Crippen LogP contribution in [0.2, 0.25) is 0 Å². The topological polar surface area (TPSA) is 202 Å². The predicted octanol–water partition coefficient (Wildman–Crippen LogP) is 1.80. The third-order valence-electron chi connectivity index (χ3n) is 10.5. The van der Waals surface area contributed by atoms with Crippen LogP contribution in [0.4, 0.5) is 9.59 Å². The Morgan fingerprint density at radius 1 is 1.16 bits per heavy atom. The molecule has 1 aromatic rings. The van der Waals surface area contributed by atoms with Crippen molar-refractivity contribution in [2.45, 2.75) is 101 Å². The SMILES string of the molecule is C=C[C@@H]1C[C@]1(NC(=O)[C@@H]1C[C@@H]2CN1C(=O)[C@H](C(C)(C)C)NC(=O)[C@@H](NC(=O)OCC)COC/C=C/c1cccc3c1CN(C3)C(=O)O2)C(=O)NS(=O)C1CC1. The average molecular weight is 783 g/mol. The van der Waals surface area contributed by atoms with Crippen LogP contribution < -0.4 is 20.7 Å². The van der Waals surface area contributed by atoms with E-state index in [9.17, 15) is 33.0 Å². The molecule has 0 aromatic heterocycles. The highest BCUT2D eigenvalue weighted by Crippen LogP contribution is 2.45. The maximum absolute atomic E-state index is 14.6. The number of hydrogen-bond donors (Lipinski definition) is 4. The average Bonchev–Trinajstić information content (AvgIpc) is 4.02. The van der Waals surface area contributed by atoms with E-state index in [1.165, 1.54) is 4.90 Å². The molecule has 0 spiro atoms. The number of amides is 6. The molecule has 6 amide bonds. The number of benzene rings is 1. The summed E-state index contributed by atoms with van der Waals surface area (Å²) in [7, 11) is -1.60. The van der Waals surface area contributed by atoms with Gasteiger partial charge in [-0.25, -0.2) is 13.8 Å². The molecule has 5 aliphatic rings. The number of nitrogens with zero attached hydrogens (tertiary/aromatic N) is 2. The predicted molar refractivity (Wildman–Crippen MR) is 200 cm³/mol. The summed E-state index contributed by atoms with van der Waals surface area (Å²) in [6.45, 7) is 10.9. The molecule has 55 heavy (non-hydrogen) atoms. The Labute approximate surface area is 322 Å².